The molecule has 20 heavy (non-hydrogen) atoms. The number of hydrogen-bond acceptors (Lipinski definition) is 4. The average molecular weight is 272 g/mol. The zero-order valence-corrected chi connectivity index (χ0v) is 11.7. The van der Waals surface area contributed by atoms with E-state index in [1.165, 1.54) is 0 Å². The number of amides is 1. The van der Waals surface area contributed by atoms with Crippen LogP contribution < -0.4 is 10.6 Å². The maximum absolute atomic E-state index is 11.9. The van der Waals surface area contributed by atoms with Gasteiger partial charge in [0.05, 0.1) is 19.0 Å². The van der Waals surface area contributed by atoms with Gasteiger partial charge in [0.2, 0.25) is 5.91 Å². The van der Waals surface area contributed by atoms with Crippen LogP contribution in [0.5, 0.6) is 0 Å². The molecule has 5 heteroatoms. The maximum Gasteiger partial charge on any atom is 0.238 e. The first-order valence-electron chi connectivity index (χ1n) is 6.86. The van der Waals surface area contributed by atoms with Crippen molar-refractivity contribution in [1.29, 1.82) is 5.26 Å². The van der Waals surface area contributed by atoms with E-state index in [4.69, 9.17) is 5.26 Å². The molecule has 0 aliphatic carbocycles. The normalized spacial score (nSPS) is 18.7. The Morgan fingerprint density at radius 3 is 2.80 bits per heavy atom. The highest BCUT2D eigenvalue weighted by Gasteiger charge is 2.22. The third kappa shape index (κ3) is 4.05. The molecule has 1 aromatic carbocycles. The Morgan fingerprint density at radius 1 is 1.45 bits per heavy atom. The van der Waals surface area contributed by atoms with Crippen LogP contribution in [0.15, 0.2) is 24.3 Å². The molecule has 0 bridgehead atoms. The van der Waals surface area contributed by atoms with Crippen LogP contribution in [-0.2, 0) is 11.2 Å². The summed E-state index contributed by atoms with van der Waals surface area (Å²) in [5, 5.41) is 14.7. The molecular formula is C15H20N4O. The topological polar surface area (TPSA) is 68.2 Å². The number of nitriles is 1. The van der Waals surface area contributed by atoms with Gasteiger partial charge < -0.3 is 10.6 Å². The molecule has 1 fully saturated rings. The number of nitrogens with one attached hydrogen (secondary N) is 2. The number of carbonyl (C=O) groups is 1. The molecular weight excluding hydrogens is 252 g/mol. The van der Waals surface area contributed by atoms with E-state index in [2.05, 4.69) is 21.6 Å². The van der Waals surface area contributed by atoms with Gasteiger partial charge in [-0.3, -0.25) is 9.69 Å². The molecule has 0 aromatic heterocycles. The fourth-order valence-corrected chi connectivity index (χ4v) is 2.41. The fourth-order valence-electron chi connectivity index (χ4n) is 2.41. The Kier molecular flexibility index (Phi) is 5.10. The van der Waals surface area contributed by atoms with Crippen molar-refractivity contribution in [3.63, 3.8) is 0 Å². The van der Waals surface area contributed by atoms with Crippen molar-refractivity contribution >= 4 is 11.6 Å². The Labute approximate surface area is 119 Å². The number of anilines is 1. The van der Waals surface area contributed by atoms with Gasteiger partial charge in [0.15, 0.2) is 0 Å². The zero-order chi connectivity index (χ0) is 14.4. The lowest BCUT2D eigenvalue weighted by molar-refractivity contribution is -0.117. The van der Waals surface area contributed by atoms with Crippen LogP contribution >= 0.6 is 0 Å². The third-order valence-electron chi connectivity index (χ3n) is 3.57. The molecule has 5 nitrogen and oxygen atoms in total. The van der Waals surface area contributed by atoms with E-state index in [-0.39, 0.29) is 5.91 Å². The minimum atomic E-state index is 0.00906. The first-order chi connectivity index (χ1) is 9.71. The number of rotatable bonds is 5. The van der Waals surface area contributed by atoms with Gasteiger partial charge in [-0.15, -0.1) is 0 Å². The summed E-state index contributed by atoms with van der Waals surface area (Å²) >= 11 is 0. The first-order valence-corrected chi connectivity index (χ1v) is 6.86. The van der Waals surface area contributed by atoms with Gasteiger partial charge in [0, 0.05) is 24.8 Å². The number of nitrogens with zero attached hydrogens (tertiary/aromatic N) is 2. The second-order valence-electron chi connectivity index (χ2n) is 5.09. The number of benzene rings is 1. The van der Waals surface area contributed by atoms with Crippen molar-refractivity contribution in [2.75, 3.05) is 32.0 Å². The molecule has 2 rings (SSSR count). The van der Waals surface area contributed by atoms with E-state index in [1.54, 1.807) is 0 Å². The van der Waals surface area contributed by atoms with Crippen molar-refractivity contribution < 1.29 is 4.79 Å². The summed E-state index contributed by atoms with van der Waals surface area (Å²) in [5.41, 5.74) is 1.74. The van der Waals surface area contributed by atoms with E-state index in [0.717, 1.165) is 30.8 Å². The average Bonchev–Trinajstić information content (AvgIpc) is 2.89. The van der Waals surface area contributed by atoms with Gasteiger partial charge in [-0.05, 0) is 31.2 Å². The minimum absolute atomic E-state index is 0.00906. The lowest BCUT2D eigenvalue weighted by Crippen LogP contribution is -2.34. The molecule has 1 atom stereocenters. The summed E-state index contributed by atoms with van der Waals surface area (Å²) in [7, 11) is 1.96. The SMILES string of the molecule is CNC1CCN(CC(=O)Nc2ccc(CC#N)cc2)C1. The lowest BCUT2D eigenvalue weighted by Gasteiger charge is -2.15. The summed E-state index contributed by atoms with van der Waals surface area (Å²) in [4.78, 5) is 14.1. The Hall–Kier alpha value is -1.90. The van der Waals surface area contributed by atoms with E-state index >= 15 is 0 Å². The molecule has 1 aliphatic rings. The Bertz CT molecular complexity index is 492. The predicted molar refractivity (Wildman–Crippen MR) is 78.3 cm³/mol. The molecule has 0 radical (unpaired) electrons. The molecule has 1 saturated heterocycles. The highest BCUT2D eigenvalue weighted by atomic mass is 16.2. The molecule has 106 valence electrons. The highest BCUT2D eigenvalue weighted by molar-refractivity contribution is 5.92. The summed E-state index contributed by atoms with van der Waals surface area (Å²) < 4.78 is 0. The largest absolute Gasteiger partial charge is 0.325 e. The molecule has 1 unspecified atom stereocenters. The summed E-state index contributed by atoms with van der Waals surface area (Å²) in [5.74, 6) is 0.00906. The Balaban J connectivity index is 1.81. The fraction of sp³-hybridized carbons (Fsp3) is 0.467. The summed E-state index contributed by atoms with van der Waals surface area (Å²) in [6.45, 7) is 2.31. The van der Waals surface area contributed by atoms with E-state index in [1.807, 2.05) is 31.3 Å². The molecule has 2 N–H and O–H groups in total. The van der Waals surface area contributed by atoms with Crippen LogP contribution in [-0.4, -0.2) is 43.5 Å². The smallest absolute Gasteiger partial charge is 0.238 e. The second kappa shape index (κ2) is 7.04. The lowest BCUT2D eigenvalue weighted by atomic mass is 10.1. The number of hydrogen-bond donors (Lipinski definition) is 2. The van der Waals surface area contributed by atoms with Crippen molar-refractivity contribution in [1.82, 2.24) is 10.2 Å². The Morgan fingerprint density at radius 2 is 2.20 bits per heavy atom. The number of likely N-dealkylation sites (tertiary alicyclic amines) is 1. The van der Waals surface area contributed by atoms with Crippen LogP contribution in [0.1, 0.15) is 12.0 Å². The highest BCUT2D eigenvalue weighted by Crippen LogP contribution is 2.11. The van der Waals surface area contributed by atoms with Gasteiger partial charge >= 0.3 is 0 Å². The molecule has 1 aromatic rings. The standard InChI is InChI=1S/C15H20N4O/c1-17-14-7-9-19(10-14)11-15(20)18-13-4-2-12(3-5-13)6-8-16/h2-5,14,17H,6-7,9-11H2,1H3,(H,18,20). The van der Waals surface area contributed by atoms with Crippen LogP contribution in [0.2, 0.25) is 0 Å². The van der Waals surface area contributed by atoms with Crippen molar-refractivity contribution in [2.45, 2.75) is 18.9 Å². The van der Waals surface area contributed by atoms with Gasteiger partial charge in [-0.2, -0.15) is 5.26 Å². The second-order valence-corrected chi connectivity index (χ2v) is 5.09. The van der Waals surface area contributed by atoms with E-state index < -0.39 is 0 Å². The minimum Gasteiger partial charge on any atom is -0.325 e. The molecule has 1 amide bonds. The van der Waals surface area contributed by atoms with Crippen LogP contribution in [0.4, 0.5) is 5.69 Å². The summed E-state index contributed by atoms with van der Waals surface area (Å²) in [6.07, 6.45) is 1.49. The van der Waals surface area contributed by atoms with Crippen LogP contribution in [0, 0.1) is 11.3 Å². The van der Waals surface area contributed by atoms with Gasteiger partial charge in [0.25, 0.3) is 0 Å². The third-order valence-corrected chi connectivity index (χ3v) is 3.57. The number of likely N-dealkylation sites (N-methyl/N-ethyl adjacent to an activating group) is 1. The predicted octanol–water partition coefficient (Wildman–Crippen LogP) is 0.985. The molecule has 0 spiro atoms. The maximum atomic E-state index is 11.9. The molecule has 1 heterocycles. The van der Waals surface area contributed by atoms with Gasteiger partial charge in [-0.25, -0.2) is 0 Å². The van der Waals surface area contributed by atoms with Crippen molar-refractivity contribution in [3.8, 4) is 6.07 Å². The quantitative estimate of drug-likeness (QED) is 0.838. The number of carbonyl (C=O) groups excluding carboxylic acids is 1. The van der Waals surface area contributed by atoms with E-state index in [9.17, 15) is 4.79 Å². The molecule has 0 saturated carbocycles. The summed E-state index contributed by atoms with van der Waals surface area (Å²) in [6, 6.07) is 10.0. The van der Waals surface area contributed by atoms with Crippen molar-refractivity contribution in [2.24, 2.45) is 0 Å². The van der Waals surface area contributed by atoms with Crippen LogP contribution in [0.3, 0.4) is 0 Å². The monoisotopic (exact) mass is 272 g/mol. The van der Waals surface area contributed by atoms with E-state index in [0.29, 0.717) is 19.0 Å². The van der Waals surface area contributed by atoms with Crippen molar-refractivity contribution in [3.05, 3.63) is 29.8 Å². The first kappa shape index (κ1) is 14.5. The van der Waals surface area contributed by atoms with Gasteiger partial charge in [0.1, 0.15) is 0 Å². The zero-order valence-electron chi connectivity index (χ0n) is 11.7. The van der Waals surface area contributed by atoms with Crippen LogP contribution in [0.25, 0.3) is 0 Å². The molecule has 1 aliphatic heterocycles. The van der Waals surface area contributed by atoms with Gasteiger partial charge in [-0.1, -0.05) is 12.1 Å².